The Morgan fingerprint density at radius 3 is 2.59 bits per heavy atom. The number of carboxylic acid groups (broad SMARTS) is 1. The van der Waals surface area contributed by atoms with Gasteiger partial charge in [-0.05, 0) is 6.07 Å². The van der Waals surface area contributed by atoms with Crippen LogP contribution in [0.5, 0.6) is 0 Å². The zero-order valence-corrected chi connectivity index (χ0v) is 8.49. The van der Waals surface area contributed by atoms with Gasteiger partial charge in [-0.1, -0.05) is 0 Å². The summed E-state index contributed by atoms with van der Waals surface area (Å²) < 4.78 is 37.0. The second kappa shape index (κ2) is 4.76. The molecule has 0 saturated heterocycles. The van der Waals surface area contributed by atoms with Crippen LogP contribution in [0.1, 0.15) is 11.4 Å². The second-order valence-corrected chi connectivity index (χ2v) is 2.79. The van der Waals surface area contributed by atoms with Crippen molar-refractivity contribution in [3.63, 3.8) is 0 Å². The number of nitrogens with zero attached hydrogens (tertiary/aromatic N) is 3. The summed E-state index contributed by atoms with van der Waals surface area (Å²) >= 11 is 0. The fraction of sp³-hybridized carbons (Fsp3) is 0.250. The zero-order valence-electron chi connectivity index (χ0n) is 8.49. The molecule has 0 unspecified atom stereocenters. The Balaban J connectivity index is 3.10. The lowest BCUT2D eigenvalue weighted by Crippen LogP contribution is -2.30. The van der Waals surface area contributed by atoms with Crippen molar-refractivity contribution >= 4 is 11.9 Å². The minimum Gasteiger partial charge on any atom is -0.465 e. The van der Waals surface area contributed by atoms with Gasteiger partial charge in [0.2, 0.25) is 0 Å². The second-order valence-electron chi connectivity index (χ2n) is 2.79. The van der Waals surface area contributed by atoms with Crippen molar-refractivity contribution in [2.24, 2.45) is 4.99 Å². The lowest BCUT2D eigenvalue weighted by molar-refractivity contribution is -0.141. The molecule has 17 heavy (non-hydrogen) atoms. The number of amidine groups is 1. The molecule has 1 heterocycles. The number of amides is 1. The number of aromatic nitrogens is 2. The van der Waals surface area contributed by atoms with Crippen molar-refractivity contribution in [3.05, 3.63) is 23.8 Å². The van der Waals surface area contributed by atoms with Crippen LogP contribution in [0.2, 0.25) is 0 Å². The van der Waals surface area contributed by atoms with E-state index in [0.29, 0.717) is 12.4 Å². The minimum atomic E-state index is -4.63. The average Bonchev–Trinajstić information content (AvgIpc) is 2.24. The van der Waals surface area contributed by atoms with Gasteiger partial charge in [0.05, 0.1) is 0 Å². The third kappa shape index (κ3) is 3.40. The average molecular weight is 248 g/mol. The van der Waals surface area contributed by atoms with Crippen molar-refractivity contribution in [3.8, 4) is 0 Å². The highest BCUT2D eigenvalue weighted by Gasteiger charge is 2.33. The van der Waals surface area contributed by atoms with E-state index in [0.717, 1.165) is 0 Å². The monoisotopic (exact) mass is 248 g/mol. The molecule has 0 aliphatic carbocycles. The largest absolute Gasteiger partial charge is 0.465 e. The van der Waals surface area contributed by atoms with Gasteiger partial charge in [-0.25, -0.2) is 14.8 Å². The lowest BCUT2D eigenvalue weighted by Gasteiger charge is -2.08. The number of halogens is 3. The molecule has 0 aliphatic heterocycles. The predicted octanol–water partition coefficient (Wildman–Crippen LogP) is 1.14. The molecule has 0 spiro atoms. The molecule has 0 fully saturated rings. The zero-order chi connectivity index (χ0) is 13.1. The fourth-order valence-corrected chi connectivity index (χ4v) is 0.978. The molecule has 1 rings (SSSR count). The maximum Gasteiger partial charge on any atom is 0.433 e. The van der Waals surface area contributed by atoms with Crippen molar-refractivity contribution in [2.75, 3.05) is 7.05 Å². The van der Waals surface area contributed by atoms with Gasteiger partial charge in [0.1, 0.15) is 17.7 Å². The SMILES string of the molecule is CN=C(NC(=O)O)c1cc(C(F)(F)F)ncn1. The van der Waals surface area contributed by atoms with Crippen LogP contribution in [0.3, 0.4) is 0 Å². The van der Waals surface area contributed by atoms with E-state index in [1.807, 2.05) is 5.32 Å². The normalized spacial score (nSPS) is 12.4. The molecular formula is C8H7F3N4O2. The first-order valence-corrected chi connectivity index (χ1v) is 4.21. The van der Waals surface area contributed by atoms with Crippen LogP contribution in [0, 0.1) is 0 Å². The summed E-state index contributed by atoms with van der Waals surface area (Å²) in [5.74, 6) is -0.287. The third-order valence-electron chi connectivity index (χ3n) is 1.65. The Morgan fingerprint density at radius 2 is 2.12 bits per heavy atom. The summed E-state index contributed by atoms with van der Waals surface area (Å²) in [4.78, 5) is 20.4. The Bertz CT molecular complexity index is 458. The van der Waals surface area contributed by atoms with E-state index in [-0.39, 0.29) is 11.5 Å². The highest BCUT2D eigenvalue weighted by atomic mass is 19.4. The molecule has 0 aromatic carbocycles. The Hall–Kier alpha value is -2.19. The number of nitrogens with one attached hydrogen (secondary N) is 1. The maximum atomic E-state index is 12.3. The number of hydrogen-bond acceptors (Lipinski definition) is 4. The van der Waals surface area contributed by atoms with Crippen LogP contribution in [0.25, 0.3) is 0 Å². The van der Waals surface area contributed by atoms with E-state index >= 15 is 0 Å². The van der Waals surface area contributed by atoms with Gasteiger partial charge >= 0.3 is 12.3 Å². The van der Waals surface area contributed by atoms with Crippen molar-refractivity contribution in [1.29, 1.82) is 0 Å². The third-order valence-corrected chi connectivity index (χ3v) is 1.65. The van der Waals surface area contributed by atoms with Crippen LogP contribution >= 0.6 is 0 Å². The van der Waals surface area contributed by atoms with Gasteiger partial charge in [0.25, 0.3) is 0 Å². The molecule has 0 radical (unpaired) electrons. The van der Waals surface area contributed by atoms with Gasteiger partial charge in [-0.15, -0.1) is 0 Å². The number of rotatable bonds is 1. The molecule has 6 nitrogen and oxygen atoms in total. The van der Waals surface area contributed by atoms with E-state index in [1.54, 1.807) is 0 Å². The van der Waals surface area contributed by atoms with Crippen LogP contribution in [0.15, 0.2) is 17.4 Å². The summed E-state index contributed by atoms with van der Waals surface area (Å²) in [5.41, 5.74) is -1.42. The van der Waals surface area contributed by atoms with Crippen molar-refractivity contribution in [1.82, 2.24) is 15.3 Å². The molecular weight excluding hydrogens is 241 g/mol. The maximum absolute atomic E-state index is 12.3. The highest BCUT2D eigenvalue weighted by molar-refractivity contribution is 6.04. The standard InChI is InChI=1S/C8H7F3N4O2/c1-12-6(15-7(16)17)4-2-5(8(9,10)11)14-3-13-4/h2-3H,1H3,(H,12,15)(H,16,17). The van der Waals surface area contributed by atoms with Crippen molar-refractivity contribution in [2.45, 2.75) is 6.18 Å². The molecule has 1 aromatic rings. The van der Waals surface area contributed by atoms with Crippen LogP contribution in [-0.2, 0) is 6.18 Å². The predicted molar refractivity (Wildman–Crippen MR) is 50.7 cm³/mol. The Kier molecular flexibility index (Phi) is 3.61. The lowest BCUT2D eigenvalue weighted by atomic mass is 10.3. The van der Waals surface area contributed by atoms with Gasteiger partial charge in [0.15, 0.2) is 5.84 Å². The fourth-order valence-electron chi connectivity index (χ4n) is 0.978. The molecule has 0 aliphatic rings. The molecule has 92 valence electrons. The van der Waals surface area contributed by atoms with Crippen molar-refractivity contribution < 1.29 is 23.1 Å². The molecule has 1 amide bonds. The van der Waals surface area contributed by atoms with E-state index in [2.05, 4.69) is 15.0 Å². The highest BCUT2D eigenvalue weighted by Crippen LogP contribution is 2.27. The Morgan fingerprint density at radius 1 is 1.47 bits per heavy atom. The molecule has 1 aromatic heterocycles. The van der Waals surface area contributed by atoms with E-state index in [4.69, 9.17) is 5.11 Å². The van der Waals surface area contributed by atoms with E-state index < -0.39 is 18.0 Å². The minimum absolute atomic E-state index is 0.253. The Labute approximate surface area is 93.2 Å². The van der Waals surface area contributed by atoms with E-state index in [1.165, 1.54) is 7.05 Å². The molecule has 0 bridgehead atoms. The summed E-state index contributed by atoms with van der Waals surface area (Å²) in [7, 11) is 1.22. The quantitative estimate of drug-likeness (QED) is 0.576. The van der Waals surface area contributed by atoms with Gasteiger partial charge < -0.3 is 5.11 Å². The molecule has 0 atom stereocenters. The van der Waals surface area contributed by atoms with Crippen LogP contribution < -0.4 is 5.32 Å². The van der Waals surface area contributed by atoms with Gasteiger partial charge in [-0.2, -0.15) is 13.2 Å². The number of aliphatic imine (C=N–C) groups is 1. The van der Waals surface area contributed by atoms with Gasteiger partial charge in [-0.3, -0.25) is 10.3 Å². The van der Waals surface area contributed by atoms with Gasteiger partial charge in [0, 0.05) is 7.05 Å². The first-order valence-electron chi connectivity index (χ1n) is 4.21. The first-order chi connectivity index (χ1) is 7.84. The number of hydrogen-bond donors (Lipinski definition) is 2. The van der Waals surface area contributed by atoms with E-state index in [9.17, 15) is 18.0 Å². The molecule has 2 N–H and O–H groups in total. The smallest absolute Gasteiger partial charge is 0.433 e. The number of carbonyl (C=O) groups is 1. The summed E-state index contributed by atoms with van der Waals surface area (Å²) in [6, 6.07) is 0.609. The molecule has 0 saturated carbocycles. The first kappa shape index (κ1) is 12.9. The topological polar surface area (TPSA) is 87.5 Å². The van der Waals surface area contributed by atoms with Crippen LogP contribution in [-0.4, -0.2) is 34.1 Å². The molecule has 9 heteroatoms. The number of alkyl halides is 3. The van der Waals surface area contributed by atoms with Crippen LogP contribution in [0.4, 0.5) is 18.0 Å². The summed E-state index contributed by atoms with van der Waals surface area (Å²) in [5, 5.41) is 10.3. The summed E-state index contributed by atoms with van der Waals surface area (Å²) in [6.45, 7) is 0. The summed E-state index contributed by atoms with van der Waals surface area (Å²) in [6.07, 6.45) is -5.38.